The van der Waals surface area contributed by atoms with Crippen molar-refractivity contribution in [2.45, 2.75) is 31.9 Å². The SMILES string of the molecule is CC1OCCC1(C)NCCOc1ccc([N+](=O)[O-])cc1. The summed E-state index contributed by atoms with van der Waals surface area (Å²) in [6, 6.07) is 6.11. The molecule has 110 valence electrons. The van der Waals surface area contributed by atoms with Crippen LogP contribution in [0.4, 0.5) is 5.69 Å². The van der Waals surface area contributed by atoms with Gasteiger partial charge in [0.15, 0.2) is 0 Å². The summed E-state index contributed by atoms with van der Waals surface area (Å²) in [7, 11) is 0. The van der Waals surface area contributed by atoms with E-state index in [-0.39, 0.29) is 17.3 Å². The summed E-state index contributed by atoms with van der Waals surface area (Å²) in [6.07, 6.45) is 1.19. The third-order valence-electron chi connectivity index (χ3n) is 3.83. The van der Waals surface area contributed by atoms with E-state index in [2.05, 4.69) is 19.2 Å². The highest BCUT2D eigenvalue weighted by Gasteiger charge is 2.36. The second-order valence-corrected chi connectivity index (χ2v) is 5.21. The summed E-state index contributed by atoms with van der Waals surface area (Å²) >= 11 is 0. The number of benzene rings is 1. The Kier molecular flexibility index (Phi) is 4.57. The van der Waals surface area contributed by atoms with Gasteiger partial charge >= 0.3 is 0 Å². The zero-order valence-electron chi connectivity index (χ0n) is 11.8. The average molecular weight is 280 g/mol. The minimum absolute atomic E-state index is 0.00116. The summed E-state index contributed by atoms with van der Waals surface area (Å²) in [5.41, 5.74) is 0.0682. The van der Waals surface area contributed by atoms with E-state index < -0.39 is 4.92 Å². The van der Waals surface area contributed by atoms with Crippen LogP contribution < -0.4 is 10.1 Å². The third-order valence-corrected chi connectivity index (χ3v) is 3.83. The van der Waals surface area contributed by atoms with Gasteiger partial charge in [-0.3, -0.25) is 10.1 Å². The van der Waals surface area contributed by atoms with Crippen LogP contribution in [0.5, 0.6) is 5.75 Å². The Hall–Kier alpha value is -1.66. The van der Waals surface area contributed by atoms with Gasteiger partial charge in [0.2, 0.25) is 0 Å². The molecule has 1 aromatic carbocycles. The first-order valence-corrected chi connectivity index (χ1v) is 6.75. The van der Waals surface area contributed by atoms with E-state index >= 15 is 0 Å². The van der Waals surface area contributed by atoms with Crippen LogP contribution in [-0.4, -0.2) is 36.3 Å². The van der Waals surface area contributed by atoms with E-state index in [0.717, 1.165) is 13.0 Å². The number of rotatable bonds is 6. The van der Waals surface area contributed by atoms with Crippen molar-refractivity contribution in [2.24, 2.45) is 0 Å². The first kappa shape index (κ1) is 14.7. The molecule has 1 heterocycles. The van der Waals surface area contributed by atoms with Crippen LogP contribution in [0.1, 0.15) is 20.3 Å². The fourth-order valence-corrected chi connectivity index (χ4v) is 2.24. The van der Waals surface area contributed by atoms with Gasteiger partial charge in [-0.2, -0.15) is 0 Å². The number of hydrogen-bond acceptors (Lipinski definition) is 5. The molecule has 0 aliphatic carbocycles. The molecule has 1 N–H and O–H groups in total. The van der Waals surface area contributed by atoms with Crippen molar-refractivity contribution in [1.29, 1.82) is 0 Å². The monoisotopic (exact) mass is 280 g/mol. The Labute approximate surface area is 118 Å². The van der Waals surface area contributed by atoms with E-state index in [1.807, 2.05) is 0 Å². The highest BCUT2D eigenvalue weighted by molar-refractivity contribution is 5.35. The van der Waals surface area contributed by atoms with Crippen LogP contribution in [0, 0.1) is 10.1 Å². The van der Waals surface area contributed by atoms with Crippen LogP contribution in [0.15, 0.2) is 24.3 Å². The first-order valence-electron chi connectivity index (χ1n) is 6.75. The van der Waals surface area contributed by atoms with E-state index in [0.29, 0.717) is 18.9 Å². The van der Waals surface area contributed by atoms with Crippen molar-refractivity contribution < 1.29 is 14.4 Å². The van der Waals surface area contributed by atoms with Crippen LogP contribution in [0.25, 0.3) is 0 Å². The van der Waals surface area contributed by atoms with Crippen molar-refractivity contribution in [3.8, 4) is 5.75 Å². The van der Waals surface area contributed by atoms with E-state index in [9.17, 15) is 10.1 Å². The Morgan fingerprint density at radius 1 is 1.50 bits per heavy atom. The summed E-state index contributed by atoms with van der Waals surface area (Å²) in [5.74, 6) is 0.637. The second-order valence-electron chi connectivity index (χ2n) is 5.21. The third kappa shape index (κ3) is 3.46. The Balaban J connectivity index is 1.74. The van der Waals surface area contributed by atoms with E-state index in [4.69, 9.17) is 9.47 Å². The summed E-state index contributed by atoms with van der Waals surface area (Å²) in [6.45, 7) is 6.23. The predicted molar refractivity (Wildman–Crippen MR) is 75.0 cm³/mol. The van der Waals surface area contributed by atoms with Gasteiger partial charge in [0, 0.05) is 30.8 Å². The van der Waals surface area contributed by atoms with Crippen LogP contribution in [0.3, 0.4) is 0 Å². The lowest BCUT2D eigenvalue weighted by atomic mass is 9.95. The molecule has 1 aromatic rings. The Bertz CT molecular complexity index is 463. The maximum absolute atomic E-state index is 10.5. The van der Waals surface area contributed by atoms with Gasteiger partial charge in [0.1, 0.15) is 12.4 Å². The zero-order valence-corrected chi connectivity index (χ0v) is 11.8. The van der Waals surface area contributed by atoms with Crippen LogP contribution in [-0.2, 0) is 4.74 Å². The summed E-state index contributed by atoms with van der Waals surface area (Å²) in [5, 5.41) is 14.0. The molecule has 1 aliphatic heterocycles. The quantitative estimate of drug-likeness (QED) is 0.491. The van der Waals surface area contributed by atoms with E-state index in [1.165, 1.54) is 12.1 Å². The Morgan fingerprint density at radius 3 is 2.75 bits per heavy atom. The zero-order chi connectivity index (χ0) is 14.6. The lowest BCUT2D eigenvalue weighted by Crippen LogP contribution is -2.49. The van der Waals surface area contributed by atoms with Crippen molar-refractivity contribution >= 4 is 5.69 Å². The minimum Gasteiger partial charge on any atom is -0.492 e. The Morgan fingerprint density at radius 2 is 2.20 bits per heavy atom. The highest BCUT2D eigenvalue weighted by atomic mass is 16.6. The van der Waals surface area contributed by atoms with Gasteiger partial charge in [-0.15, -0.1) is 0 Å². The fraction of sp³-hybridized carbons (Fsp3) is 0.571. The predicted octanol–water partition coefficient (Wildman–Crippen LogP) is 2.13. The summed E-state index contributed by atoms with van der Waals surface area (Å²) in [4.78, 5) is 10.1. The number of nitrogens with zero attached hydrogens (tertiary/aromatic N) is 1. The number of non-ortho nitro benzene ring substituents is 1. The molecule has 1 saturated heterocycles. The van der Waals surface area contributed by atoms with Crippen molar-refractivity contribution in [3.05, 3.63) is 34.4 Å². The molecule has 0 bridgehead atoms. The van der Waals surface area contributed by atoms with Crippen LogP contribution >= 0.6 is 0 Å². The number of nitro benzene ring substituents is 1. The molecule has 0 radical (unpaired) electrons. The molecule has 0 aromatic heterocycles. The molecule has 1 aliphatic rings. The highest BCUT2D eigenvalue weighted by Crippen LogP contribution is 2.24. The second kappa shape index (κ2) is 6.19. The van der Waals surface area contributed by atoms with Gasteiger partial charge < -0.3 is 14.8 Å². The lowest BCUT2D eigenvalue weighted by molar-refractivity contribution is -0.384. The van der Waals surface area contributed by atoms with Crippen molar-refractivity contribution in [2.75, 3.05) is 19.8 Å². The molecule has 2 rings (SSSR count). The molecule has 0 spiro atoms. The molecule has 0 amide bonds. The largest absolute Gasteiger partial charge is 0.492 e. The molecular weight excluding hydrogens is 260 g/mol. The number of hydrogen-bond donors (Lipinski definition) is 1. The normalized spacial score (nSPS) is 25.6. The van der Waals surface area contributed by atoms with E-state index in [1.54, 1.807) is 12.1 Å². The van der Waals surface area contributed by atoms with Gasteiger partial charge in [-0.25, -0.2) is 0 Å². The average Bonchev–Trinajstić information content (AvgIpc) is 2.76. The maximum atomic E-state index is 10.5. The molecule has 2 atom stereocenters. The van der Waals surface area contributed by atoms with Gasteiger partial charge in [0.05, 0.1) is 11.0 Å². The molecule has 6 nitrogen and oxygen atoms in total. The van der Waals surface area contributed by atoms with Crippen molar-refractivity contribution in [3.63, 3.8) is 0 Å². The van der Waals surface area contributed by atoms with Crippen molar-refractivity contribution in [1.82, 2.24) is 5.32 Å². The molecule has 6 heteroatoms. The van der Waals surface area contributed by atoms with Crippen LogP contribution in [0.2, 0.25) is 0 Å². The number of nitro groups is 1. The molecule has 20 heavy (non-hydrogen) atoms. The minimum atomic E-state index is -0.423. The van der Waals surface area contributed by atoms with Gasteiger partial charge in [-0.05, 0) is 32.4 Å². The molecule has 1 fully saturated rings. The standard InChI is InChI=1S/C14H20N2O4/c1-11-14(2,7-9-19-11)15-8-10-20-13-5-3-12(4-6-13)16(17)18/h3-6,11,15H,7-10H2,1-2H3. The topological polar surface area (TPSA) is 73.6 Å². The van der Waals surface area contributed by atoms with Gasteiger partial charge in [-0.1, -0.05) is 0 Å². The van der Waals surface area contributed by atoms with Gasteiger partial charge in [0.25, 0.3) is 5.69 Å². The fourth-order valence-electron chi connectivity index (χ4n) is 2.24. The molecular formula is C14H20N2O4. The number of nitrogens with one attached hydrogen (secondary N) is 1. The molecule has 0 saturated carbocycles. The first-order chi connectivity index (χ1) is 9.51. The molecule has 2 unspecified atom stereocenters. The maximum Gasteiger partial charge on any atom is 0.269 e. The summed E-state index contributed by atoms with van der Waals surface area (Å²) < 4.78 is 11.1. The number of ether oxygens (including phenoxy) is 2. The smallest absolute Gasteiger partial charge is 0.269 e. The lowest BCUT2D eigenvalue weighted by Gasteiger charge is -2.29.